The van der Waals surface area contributed by atoms with E-state index >= 15 is 0 Å². The van der Waals surface area contributed by atoms with Crippen molar-refractivity contribution in [1.82, 2.24) is 15.1 Å². The lowest BCUT2D eigenvalue weighted by Crippen LogP contribution is -2.33. The van der Waals surface area contributed by atoms with Crippen molar-refractivity contribution in [1.29, 1.82) is 0 Å². The van der Waals surface area contributed by atoms with Crippen LogP contribution >= 0.6 is 12.4 Å². The lowest BCUT2D eigenvalue weighted by molar-refractivity contribution is -0.122. The van der Waals surface area contributed by atoms with Gasteiger partial charge in [0.15, 0.2) is 0 Å². The Bertz CT molecular complexity index is 541. The molecule has 1 aromatic heterocycles. The number of halogens is 1. The van der Waals surface area contributed by atoms with Crippen LogP contribution in [0, 0.1) is 0 Å². The van der Waals surface area contributed by atoms with Gasteiger partial charge in [-0.2, -0.15) is 5.10 Å². The fourth-order valence-electron chi connectivity index (χ4n) is 1.96. The van der Waals surface area contributed by atoms with Crippen LogP contribution in [-0.4, -0.2) is 22.2 Å². The third kappa shape index (κ3) is 3.82. The topological polar surface area (TPSA) is 72.9 Å². The van der Waals surface area contributed by atoms with Crippen LogP contribution in [0.3, 0.4) is 0 Å². The number of carbonyl (C=O) groups excluding carboxylic acids is 1. The first kappa shape index (κ1) is 16.2. The molecule has 1 unspecified atom stereocenters. The number of hydrogen-bond acceptors (Lipinski definition) is 3. The van der Waals surface area contributed by atoms with Gasteiger partial charge in [-0.15, -0.1) is 12.4 Å². The average Bonchev–Trinajstić information content (AvgIpc) is 2.84. The van der Waals surface area contributed by atoms with Gasteiger partial charge in [0, 0.05) is 19.8 Å². The molecule has 1 heterocycles. The highest BCUT2D eigenvalue weighted by Crippen LogP contribution is 2.14. The molecule has 0 saturated carbocycles. The summed E-state index contributed by atoms with van der Waals surface area (Å²) in [5, 5.41) is 6.95. The first-order valence-corrected chi connectivity index (χ1v) is 6.22. The molecule has 2 aromatic rings. The quantitative estimate of drug-likeness (QED) is 0.870. The van der Waals surface area contributed by atoms with Crippen molar-refractivity contribution in [3.8, 4) is 0 Å². The predicted molar refractivity (Wildman–Crippen MR) is 80.5 cm³/mol. The third-order valence-electron chi connectivity index (χ3n) is 3.12. The molecule has 3 N–H and O–H groups in total. The molecule has 5 nitrogen and oxygen atoms in total. The number of nitrogens with one attached hydrogen (secondary N) is 1. The summed E-state index contributed by atoms with van der Waals surface area (Å²) in [6.07, 6.45) is 1.71. The van der Waals surface area contributed by atoms with Crippen molar-refractivity contribution < 1.29 is 4.79 Å². The Labute approximate surface area is 124 Å². The summed E-state index contributed by atoms with van der Waals surface area (Å²) in [6.45, 7) is 0.750. The number of hydrogen-bond donors (Lipinski definition) is 2. The smallest absolute Gasteiger partial charge is 0.229 e. The molecule has 0 fully saturated rings. The van der Waals surface area contributed by atoms with Crippen molar-refractivity contribution in [2.75, 3.05) is 6.54 Å². The summed E-state index contributed by atoms with van der Waals surface area (Å²) in [4.78, 5) is 12.2. The molecule has 2 rings (SSSR count). The summed E-state index contributed by atoms with van der Waals surface area (Å²) < 4.78 is 1.74. The Morgan fingerprint density at radius 2 is 2.05 bits per heavy atom. The molecule has 0 radical (unpaired) electrons. The number of amides is 1. The fraction of sp³-hybridized carbons (Fsp3) is 0.286. The maximum absolute atomic E-state index is 12.2. The van der Waals surface area contributed by atoms with Gasteiger partial charge in [-0.25, -0.2) is 0 Å². The van der Waals surface area contributed by atoms with Gasteiger partial charge in [0.1, 0.15) is 0 Å². The molecule has 0 aliphatic carbocycles. The molecule has 6 heteroatoms. The fourth-order valence-corrected chi connectivity index (χ4v) is 1.96. The SMILES string of the molecule is Cl.Cn1nccc1CNC(=O)C(CN)c1ccccc1. The minimum absolute atomic E-state index is 0. The Balaban J connectivity index is 0.00000200. The number of carbonyl (C=O) groups is 1. The summed E-state index contributed by atoms with van der Waals surface area (Å²) in [6, 6.07) is 11.5. The second-order valence-electron chi connectivity index (χ2n) is 4.36. The van der Waals surface area contributed by atoms with E-state index in [2.05, 4.69) is 10.4 Å². The predicted octanol–water partition coefficient (Wildman–Crippen LogP) is 1.20. The average molecular weight is 295 g/mol. The highest BCUT2D eigenvalue weighted by atomic mass is 35.5. The van der Waals surface area contributed by atoms with Gasteiger partial charge in [0.25, 0.3) is 0 Å². The maximum Gasteiger partial charge on any atom is 0.229 e. The second-order valence-corrected chi connectivity index (χ2v) is 4.36. The third-order valence-corrected chi connectivity index (χ3v) is 3.12. The molecular weight excluding hydrogens is 276 g/mol. The molecule has 20 heavy (non-hydrogen) atoms. The van der Waals surface area contributed by atoms with Crippen LogP contribution in [0.1, 0.15) is 17.2 Å². The molecule has 0 saturated heterocycles. The number of aromatic nitrogens is 2. The van der Waals surface area contributed by atoms with Crippen LogP contribution in [0.15, 0.2) is 42.6 Å². The van der Waals surface area contributed by atoms with Gasteiger partial charge in [0.2, 0.25) is 5.91 Å². The summed E-state index contributed by atoms with van der Waals surface area (Å²) in [5.41, 5.74) is 7.60. The van der Waals surface area contributed by atoms with Crippen LogP contribution in [0.25, 0.3) is 0 Å². The van der Waals surface area contributed by atoms with Crippen molar-refractivity contribution >= 4 is 18.3 Å². The summed E-state index contributed by atoms with van der Waals surface area (Å²) in [5.74, 6) is -0.371. The van der Waals surface area contributed by atoms with E-state index < -0.39 is 0 Å². The zero-order chi connectivity index (χ0) is 13.7. The molecular formula is C14H19ClN4O. The summed E-state index contributed by atoms with van der Waals surface area (Å²) in [7, 11) is 1.85. The molecule has 1 amide bonds. The van der Waals surface area contributed by atoms with E-state index in [1.54, 1.807) is 10.9 Å². The Hall–Kier alpha value is -1.85. The van der Waals surface area contributed by atoms with E-state index in [4.69, 9.17) is 5.73 Å². The lowest BCUT2D eigenvalue weighted by Gasteiger charge is -2.15. The number of nitrogens with two attached hydrogens (primary N) is 1. The number of nitrogens with zero attached hydrogens (tertiary/aromatic N) is 2. The number of aryl methyl sites for hydroxylation is 1. The van der Waals surface area contributed by atoms with Gasteiger partial charge < -0.3 is 11.1 Å². The van der Waals surface area contributed by atoms with E-state index in [9.17, 15) is 4.79 Å². The van der Waals surface area contributed by atoms with Crippen molar-refractivity contribution in [3.05, 3.63) is 53.9 Å². The van der Waals surface area contributed by atoms with Crippen LogP contribution < -0.4 is 11.1 Å². The number of rotatable bonds is 5. The van der Waals surface area contributed by atoms with Crippen LogP contribution in [-0.2, 0) is 18.4 Å². The molecule has 0 aliphatic heterocycles. The van der Waals surface area contributed by atoms with E-state index in [0.29, 0.717) is 13.1 Å². The zero-order valence-electron chi connectivity index (χ0n) is 11.3. The normalized spacial score (nSPS) is 11.5. The largest absolute Gasteiger partial charge is 0.350 e. The number of benzene rings is 1. The Morgan fingerprint density at radius 3 is 2.60 bits per heavy atom. The van der Waals surface area contributed by atoms with Crippen LogP contribution in [0.4, 0.5) is 0 Å². The standard InChI is InChI=1S/C14H18N4O.ClH/c1-18-12(7-8-17-18)10-16-14(19)13(9-15)11-5-3-2-4-6-11;/h2-8,13H,9-10,15H2,1H3,(H,16,19);1H. The monoisotopic (exact) mass is 294 g/mol. The molecule has 108 valence electrons. The van der Waals surface area contributed by atoms with Gasteiger partial charge >= 0.3 is 0 Å². The Morgan fingerprint density at radius 1 is 1.35 bits per heavy atom. The minimum atomic E-state index is -0.311. The zero-order valence-corrected chi connectivity index (χ0v) is 12.1. The van der Waals surface area contributed by atoms with Crippen LogP contribution in [0.5, 0.6) is 0 Å². The van der Waals surface area contributed by atoms with Gasteiger partial charge in [-0.05, 0) is 11.6 Å². The highest BCUT2D eigenvalue weighted by Gasteiger charge is 2.18. The van der Waals surface area contributed by atoms with Gasteiger partial charge in [-0.1, -0.05) is 30.3 Å². The van der Waals surface area contributed by atoms with E-state index in [1.807, 2.05) is 43.4 Å². The van der Waals surface area contributed by atoms with E-state index in [0.717, 1.165) is 11.3 Å². The molecule has 0 aliphatic rings. The second kappa shape index (κ2) is 7.67. The van der Waals surface area contributed by atoms with E-state index in [-0.39, 0.29) is 24.2 Å². The molecule has 0 bridgehead atoms. The highest BCUT2D eigenvalue weighted by molar-refractivity contribution is 5.85. The summed E-state index contributed by atoms with van der Waals surface area (Å²) >= 11 is 0. The molecule has 0 spiro atoms. The lowest BCUT2D eigenvalue weighted by atomic mass is 9.98. The van der Waals surface area contributed by atoms with E-state index in [1.165, 1.54) is 0 Å². The van der Waals surface area contributed by atoms with Crippen molar-refractivity contribution in [2.24, 2.45) is 12.8 Å². The van der Waals surface area contributed by atoms with Gasteiger partial charge in [0.05, 0.1) is 18.2 Å². The Kier molecular flexibility index (Phi) is 6.21. The minimum Gasteiger partial charge on any atom is -0.350 e. The first-order chi connectivity index (χ1) is 9.22. The van der Waals surface area contributed by atoms with Crippen LogP contribution in [0.2, 0.25) is 0 Å². The maximum atomic E-state index is 12.2. The van der Waals surface area contributed by atoms with Gasteiger partial charge in [-0.3, -0.25) is 9.48 Å². The van der Waals surface area contributed by atoms with Crippen molar-refractivity contribution in [3.63, 3.8) is 0 Å². The molecule has 1 atom stereocenters. The first-order valence-electron chi connectivity index (χ1n) is 6.22. The van der Waals surface area contributed by atoms with Crippen molar-refractivity contribution in [2.45, 2.75) is 12.5 Å². The molecule has 1 aromatic carbocycles.